The van der Waals surface area contributed by atoms with Crippen LogP contribution in [-0.2, 0) is 28.5 Å². The van der Waals surface area contributed by atoms with E-state index in [0.717, 1.165) is 25.0 Å². The highest BCUT2D eigenvalue weighted by Gasteiger charge is 2.42. The van der Waals surface area contributed by atoms with Gasteiger partial charge in [-0.25, -0.2) is 10.3 Å². The molecule has 0 aromatic heterocycles. The molecule has 2 saturated heterocycles. The van der Waals surface area contributed by atoms with Crippen LogP contribution < -0.4 is 32.7 Å². The predicted octanol–water partition coefficient (Wildman–Crippen LogP) is 0.975. The van der Waals surface area contributed by atoms with Gasteiger partial charge in [-0.05, 0) is 31.0 Å². The topological polar surface area (TPSA) is 262 Å². The summed E-state index contributed by atoms with van der Waals surface area (Å²) in [4.78, 5) is 46.6. The van der Waals surface area contributed by atoms with E-state index in [1.807, 2.05) is 11.8 Å². The Balaban J connectivity index is 1.10. The van der Waals surface area contributed by atoms with Crippen molar-refractivity contribution in [3.63, 3.8) is 0 Å². The van der Waals surface area contributed by atoms with Crippen molar-refractivity contribution in [2.45, 2.75) is 55.5 Å². The first kappa shape index (κ1) is 42.2. The predicted molar refractivity (Wildman–Crippen MR) is 194 cm³/mol. The van der Waals surface area contributed by atoms with Gasteiger partial charge in [0, 0.05) is 59.9 Å². The Morgan fingerprint density at radius 2 is 1.81 bits per heavy atom. The number of ether oxygens (including phenoxy) is 4. The minimum atomic E-state index is -1.30. The van der Waals surface area contributed by atoms with E-state index in [0.29, 0.717) is 75.7 Å². The van der Waals surface area contributed by atoms with Crippen molar-refractivity contribution >= 4 is 41.1 Å². The molecule has 0 aliphatic carbocycles. The summed E-state index contributed by atoms with van der Waals surface area (Å²) < 4.78 is 21.9. The maximum atomic E-state index is 12.2. The van der Waals surface area contributed by atoms with Gasteiger partial charge in [-0.15, -0.1) is 0 Å². The Morgan fingerprint density at radius 3 is 2.52 bits per heavy atom. The van der Waals surface area contributed by atoms with Crippen molar-refractivity contribution in [1.82, 2.24) is 21.3 Å². The number of nitrogen functional groups attached to an aromatic ring is 1. The van der Waals surface area contributed by atoms with Gasteiger partial charge in [-0.2, -0.15) is 16.9 Å². The zero-order chi connectivity index (χ0) is 37.6. The van der Waals surface area contributed by atoms with Gasteiger partial charge in [0.25, 0.3) is 0 Å². The number of nitrogens with two attached hydrogens (primary N) is 2. The number of carbonyl (C=O) groups excluding carboxylic acids is 3. The van der Waals surface area contributed by atoms with Crippen molar-refractivity contribution in [2.24, 2.45) is 10.8 Å². The third kappa shape index (κ3) is 16.0. The summed E-state index contributed by atoms with van der Waals surface area (Å²) in [6.07, 6.45) is 4.45. The van der Waals surface area contributed by atoms with Crippen LogP contribution in [0.1, 0.15) is 48.0 Å². The summed E-state index contributed by atoms with van der Waals surface area (Å²) >= 11 is 1.89. The number of hydrogen-bond donors (Lipinski definition) is 8. The van der Waals surface area contributed by atoms with Gasteiger partial charge in [0.2, 0.25) is 5.91 Å². The number of benzene rings is 1. The molecule has 4 atom stereocenters. The summed E-state index contributed by atoms with van der Waals surface area (Å²) in [5.41, 5.74) is 19.9. The lowest BCUT2D eigenvalue weighted by Gasteiger charge is -2.16. The number of aliphatic carboxylic acids is 1. The molecule has 286 valence electrons. The van der Waals surface area contributed by atoms with Gasteiger partial charge >= 0.3 is 12.0 Å². The van der Waals surface area contributed by atoms with Crippen molar-refractivity contribution in [1.29, 1.82) is 5.53 Å². The van der Waals surface area contributed by atoms with Crippen LogP contribution in [0.5, 0.6) is 0 Å². The molecule has 0 saturated carbocycles. The lowest BCUT2D eigenvalue weighted by molar-refractivity contribution is -0.138. The van der Waals surface area contributed by atoms with Crippen molar-refractivity contribution in [3.05, 3.63) is 41.2 Å². The van der Waals surface area contributed by atoms with Crippen LogP contribution in [-0.4, -0.2) is 124 Å². The highest BCUT2D eigenvalue weighted by atomic mass is 32.2. The second kappa shape index (κ2) is 24.1. The van der Waals surface area contributed by atoms with Gasteiger partial charge in [-0.3, -0.25) is 14.4 Å². The smallest absolute Gasteiger partial charge is 0.320 e. The highest BCUT2D eigenvalue weighted by Crippen LogP contribution is 2.33. The Morgan fingerprint density at radius 1 is 1.08 bits per heavy atom. The first-order chi connectivity index (χ1) is 25.2. The van der Waals surface area contributed by atoms with Crippen molar-refractivity contribution in [2.75, 3.05) is 77.4 Å². The Labute approximate surface area is 307 Å². The summed E-state index contributed by atoms with van der Waals surface area (Å²) in [6, 6.07) is 3.65. The number of carboxylic acid groups (broad SMARTS) is 1. The fourth-order valence-corrected chi connectivity index (χ4v) is 6.77. The number of hydrogen-bond acceptors (Lipinski definition) is 14. The number of thioether (sulfide) groups is 1. The van der Waals surface area contributed by atoms with Crippen LogP contribution in [0.3, 0.4) is 0 Å². The molecule has 2 heterocycles. The molecule has 2 aliphatic heterocycles. The summed E-state index contributed by atoms with van der Waals surface area (Å²) in [6.45, 7) is 3.57. The minimum absolute atomic E-state index is 0.0168. The number of nitrogens with zero attached hydrogens (tertiary/aromatic N) is 1. The van der Waals surface area contributed by atoms with Crippen molar-refractivity contribution in [3.8, 4) is 11.8 Å². The molecular formula is C34H50N8O9S. The zero-order valence-electron chi connectivity index (χ0n) is 29.2. The van der Waals surface area contributed by atoms with Crippen LogP contribution >= 0.6 is 11.8 Å². The van der Waals surface area contributed by atoms with Gasteiger partial charge in [0.1, 0.15) is 18.3 Å². The molecule has 1 aromatic rings. The van der Waals surface area contributed by atoms with Gasteiger partial charge in [0.05, 0.1) is 58.3 Å². The fraction of sp³-hybridized carbons (Fsp3) is 0.588. The number of ketones is 1. The molecule has 18 heteroatoms. The first-order valence-corrected chi connectivity index (χ1v) is 18.2. The summed E-state index contributed by atoms with van der Waals surface area (Å²) in [5, 5.41) is 24.5. The van der Waals surface area contributed by atoms with E-state index in [4.69, 9.17) is 41.1 Å². The molecule has 1 unspecified atom stereocenters. The molecule has 1 aromatic carbocycles. The monoisotopic (exact) mass is 746 g/mol. The largest absolute Gasteiger partial charge is 0.480 e. The second-order valence-corrected chi connectivity index (χ2v) is 13.2. The Hall–Kier alpha value is -4.25. The Kier molecular flexibility index (Phi) is 19.5. The molecule has 3 rings (SSSR count). The highest BCUT2D eigenvalue weighted by molar-refractivity contribution is 8.00. The summed E-state index contributed by atoms with van der Waals surface area (Å²) in [5.74, 6) is 4.92. The fourth-order valence-electron chi connectivity index (χ4n) is 5.23. The number of Topliss-reactive ketones (excluding diaryl/α,β-unsaturated/α-hetero) is 1. The minimum Gasteiger partial charge on any atom is -0.480 e. The number of nitrogens with one attached hydrogen (secondary N) is 5. The first-order valence-electron chi connectivity index (χ1n) is 17.1. The molecule has 2 aliphatic rings. The molecular weight excluding hydrogens is 696 g/mol. The third-order valence-electron chi connectivity index (χ3n) is 7.93. The zero-order valence-corrected chi connectivity index (χ0v) is 30.0. The molecule has 52 heavy (non-hydrogen) atoms. The number of urea groups is 1. The number of carboxylic acids is 1. The van der Waals surface area contributed by atoms with E-state index >= 15 is 0 Å². The number of fused-ring (bicyclic) bond motifs is 1. The van der Waals surface area contributed by atoms with Crippen LogP contribution in [0.2, 0.25) is 0 Å². The third-order valence-corrected chi connectivity index (χ3v) is 9.44. The normalized spacial score (nSPS) is 18.4. The average Bonchev–Trinajstić information content (AvgIpc) is 3.67. The molecule has 2 fully saturated rings. The molecule has 17 nitrogen and oxygen atoms in total. The quantitative estimate of drug-likeness (QED) is 0.0164. The SMILES string of the molecule is N=N/C(=C\NCCOCCOCCOCCNC(=O)CCCC[C@@H]1SCC2NC(=O)N[C@@H]21)COCC#Cc1ccc(C(=O)C[C@H](N)C(=O)O)c(N)c1. The van der Waals surface area contributed by atoms with E-state index in [1.54, 1.807) is 12.3 Å². The molecule has 0 bridgehead atoms. The number of rotatable bonds is 26. The number of anilines is 1. The average molecular weight is 747 g/mol. The van der Waals surface area contributed by atoms with E-state index < -0.39 is 17.8 Å². The number of carbonyl (C=O) groups is 4. The van der Waals surface area contributed by atoms with Gasteiger partial charge in [0.15, 0.2) is 5.78 Å². The van der Waals surface area contributed by atoms with E-state index in [1.165, 1.54) is 12.1 Å². The van der Waals surface area contributed by atoms with E-state index in [2.05, 4.69) is 38.2 Å². The maximum absolute atomic E-state index is 12.2. The van der Waals surface area contributed by atoms with Gasteiger partial charge in [-0.1, -0.05) is 18.3 Å². The van der Waals surface area contributed by atoms with Crippen LogP contribution in [0, 0.1) is 17.4 Å². The van der Waals surface area contributed by atoms with Crippen molar-refractivity contribution < 1.29 is 43.2 Å². The molecule has 0 spiro atoms. The second-order valence-electron chi connectivity index (χ2n) is 11.9. The van der Waals surface area contributed by atoms with E-state index in [9.17, 15) is 19.2 Å². The molecule has 3 amide bonds. The lowest BCUT2D eigenvalue weighted by Crippen LogP contribution is -2.36. The maximum Gasteiger partial charge on any atom is 0.320 e. The Bertz CT molecular complexity index is 1440. The molecule has 10 N–H and O–H groups in total. The summed E-state index contributed by atoms with van der Waals surface area (Å²) in [7, 11) is 0. The molecule has 0 radical (unpaired) electrons. The standard InChI is InChI=1S/C34H50N8O9S/c35-26-18-23(7-8-25(26)29(43)19-27(36)33(45)46)4-3-11-51-21-24(42-37)20-38-9-12-48-14-16-50-17-15-49-13-10-39-31(44)6-2-1-5-30-32-28(22-52-30)40-34(47)41-32/h7-8,18,20,27-28,30,32,37-38H,1-2,5-6,9-17,19,21-22,35-36H2,(H,39,44)(H,45,46)(H2,40,41,47)/b24-20-,42-37?/t27-,28?,30-,32-/m0/s1. The van der Waals surface area contributed by atoms with Crippen LogP contribution in [0.15, 0.2) is 35.2 Å². The number of amides is 3. The van der Waals surface area contributed by atoms with E-state index in [-0.39, 0.29) is 54.9 Å². The number of unbranched alkanes of at least 4 members (excludes halogenated alkanes) is 1. The van der Waals surface area contributed by atoms with Gasteiger partial charge < -0.3 is 56.8 Å². The van der Waals surface area contributed by atoms with Crippen LogP contribution in [0.4, 0.5) is 10.5 Å². The van der Waals surface area contributed by atoms with Crippen LogP contribution in [0.25, 0.3) is 0 Å². The lowest BCUT2D eigenvalue weighted by atomic mass is 10.0.